The van der Waals surface area contributed by atoms with E-state index in [2.05, 4.69) is 26.1 Å². The number of hydrogen-bond donors (Lipinski definition) is 2. The molecule has 3 N–H and O–H groups in total. The van der Waals surface area contributed by atoms with Crippen LogP contribution >= 0.6 is 27.7 Å². The fourth-order valence-corrected chi connectivity index (χ4v) is 3.65. The third kappa shape index (κ3) is 4.95. The third-order valence-electron chi connectivity index (χ3n) is 3.61. The SMILES string of the molecule is NC(=O)NC(=O)CSc1nnc(-c2ccccc2Br)n1Cc1ccccc1. The van der Waals surface area contributed by atoms with Crippen molar-refractivity contribution < 1.29 is 9.59 Å². The molecule has 0 bridgehead atoms. The molecule has 0 radical (unpaired) electrons. The topological polar surface area (TPSA) is 103 Å². The first kappa shape index (κ1) is 19.1. The number of carbonyl (C=O) groups is 2. The lowest BCUT2D eigenvalue weighted by molar-refractivity contribution is -0.117. The second kappa shape index (κ2) is 8.83. The Morgan fingerprint density at radius 3 is 2.48 bits per heavy atom. The summed E-state index contributed by atoms with van der Waals surface area (Å²) in [5.41, 5.74) is 6.95. The molecule has 1 heterocycles. The largest absolute Gasteiger partial charge is 0.351 e. The van der Waals surface area contributed by atoms with Crippen molar-refractivity contribution in [3.63, 3.8) is 0 Å². The Balaban J connectivity index is 1.92. The van der Waals surface area contributed by atoms with Crippen LogP contribution in [-0.4, -0.2) is 32.5 Å². The molecule has 3 aromatic rings. The van der Waals surface area contributed by atoms with Gasteiger partial charge in [0.2, 0.25) is 5.91 Å². The van der Waals surface area contributed by atoms with Crippen LogP contribution in [0, 0.1) is 0 Å². The number of imide groups is 1. The summed E-state index contributed by atoms with van der Waals surface area (Å²) in [6.07, 6.45) is 0. The molecule has 7 nitrogen and oxygen atoms in total. The molecule has 0 atom stereocenters. The molecule has 0 unspecified atom stereocenters. The Morgan fingerprint density at radius 1 is 1.07 bits per heavy atom. The standard InChI is InChI=1S/C18H16BrN5O2S/c19-14-9-5-4-8-13(14)16-22-23-18(27-11-15(25)21-17(20)26)24(16)10-12-6-2-1-3-7-12/h1-9H,10-11H2,(H3,20,21,25,26). The van der Waals surface area contributed by atoms with E-state index >= 15 is 0 Å². The maximum atomic E-state index is 11.7. The molecule has 0 spiro atoms. The van der Waals surface area contributed by atoms with Crippen molar-refractivity contribution in [1.29, 1.82) is 0 Å². The molecule has 0 aliphatic heterocycles. The Hall–Kier alpha value is -2.65. The van der Waals surface area contributed by atoms with E-state index < -0.39 is 11.9 Å². The Labute approximate surface area is 168 Å². The first-order valence-electron chi connectivity index (χ1n) is 7.98. The summed E-state index contributed by atoms with van der Waals surface area (Å²) in [4.78, 5) is 22.5. The fourth-order valence-electron chi connectivity index (χ4n) is 2.45. The number of rotatable bonds is 6. The van der Waals surface area contributed by atoms with Crippen molar-refractivity contribution in [2.75, 3.05) is 5.75 Å². The molecule has 9 heteroatoms. The van der Waals surface area contributed by atoms with E-state index in [0.29, 0.717) is 17.5 Å². The van der Waals surface area contributed by atoms with Crippen molar-refractivity contribution in [3.8, 4) is 11.4 Å². The Morgan fingerprint density at radius 2 is 1.78 bits per heavy atom. The molecule has 0 aliphatic carbocycles. The lowest BCUT2D eigenvalue weighted by Gasteiger charge is -2.11. The zero-order chi connectivity index (χ0) is 19.2. The minimum Gasteiger partial charge on any atom is -0.351 e. The lowest BCUT2D eigenvalue weighted by Crippen LogP contribution is -2.36. The van der Waals surface area contributed by atoms with E-state index in [1.54, 1.807) is 0 Å². The highest BCUT2D eigenvalue weighted by atomic mass is 79.9. The van der Waals surface area contributed by atoms with Gasteiger partial charge in [0, 0.05) is 10.0 Å². The Kier molecular flexibility index (Phi) is 6.25. The maximum absolute atomic E-state index is 11.7. The number of urea groups is 1. The summed E-state index contributed by atoms with van der Waals surface area (Å²) >= 11 is 4.74. The summed E-state index contributed by atoms with van der Waals surface area (Å²) in [7, 11) is 0. The maximum Gasteiger partial charge on any atom is 0.318 e. The number of nitrogens with one attached hydrogen (secondary N) is 1. The van der Waals surface area contributed by atoms with Crippen molar-refractivity contribution in [2.45, 2.75) is 11.7 Å². The van der Waals surface area contributed by atoms with Crippen LogP contribution < -0.4 is 11.1 Å². The van der Waals surface area contributed by atoms with Crippen LogP contribution in [0.15, 0.2) is 64.2 Å². The zero-order valence-corrected chi connectivity index (χ0v) is 16.5. The summed E-state index contributed by atoms with van der Waals surface area (Å²) in [6.45, 7) is 0.546. The van der Waals surface area contributed by atoms with Crippen LogP contribution in [0.1, 0.15) is 5.56 Å². The van der Waals surface area contributed by atoms with Crippen LogP contribution in [0.5, 0.6) is 0 Å². The quantitative estimate of drug-likeness (QED) is 0.567. The molecular formula is C18H16BrN5O2S. The van der Waals surface area contributed by atoms with E-state index in [0.717, 1.165) is 15.6 Å². The predicted octanol–water partition coefficient (Wildman–Crippen LogP) is 3.04. The van der Waals surface area contributed by atoms with Crippen LogP contribution in [-0.2, 0) is 11.3 Å². The van der Waals surface area contributed by atoms with Gasteiger partial charge in [-0.2, -0.15) is 0 Å². The molecule has 0 aliphatic rings. The summed E-state index contributed by atoms with van der Waals surface area (Å²) in [6, 6.07) is 16.8. The number of nitrogens with zero attached hydrogens (tertiary/aromatic N) is 3. The molecule has 0 saturated carbocycles. The molecule has 3 rings (SSSR count). The first-order valence-corrected chi connectivity index (χ1v) is 9.76. The van der Waals surface area contributed by atoms with E-state index in [9.17, 15) is 9.59 Å². The average Bonchev–Trinajstić information content (AvgIpc) is 3.03. The number of benzene rings is 2. The molecule has 3 amide bonds. The van der Waals surface area contributed by atoms with Gasteiger partial charge in [-0.05, 0) is 11.6 Å². The van der Waals surface area contributed by atoms with Crippen LogP contribution in [0.25, 0.3) is 11.4 Å². The molecule has 0 saturated heterocycles. The smallest absolute Gasteiger partial charge is 0.318 e. The molecular weight excluding hydrogens is 430 g/mol. The van der Waals surface area contributed by atoms with Gasteiger partial charge in [0.25, 0.3) is 0 Å². The van der Waals surface area contributed by atoms with Gasteiger partial charge in [0.1, 0.15) is 0 Å². The second-order valence-corrected chi connectivity index (χ2v) is 7.36. The molecule has 0 fully saturated rings. The van der Waals surface area contributed by atoms with Crippen molar-refractivity contribution in [2.24, 2.45) is 5.73 Å². The van der Waals surface area contributed by atoms with Gasteiger partial charge in [0.15, 0.2) is 11.0 Å². The highest BCUT2D eigenvalue weighted by Gasteiger charge is 2.18. The van der Waals surface area contributed by atoms with Gasteiger partial charge in [-0.25, -0.2) is 4.79 Å². The highest BCUT2D eigenvalue weighted by Crippen LogP contribution is 2.30. The number of hydrogen-bond acceptors (Lipinski definition) is 5. The van der Waals surface area contributed by atoms with Gasteiger partial charge >= 0.3 is 6.03 Å². The van der Waals surface area contributed by atoms with Crippen LogP contribution in [0.4, 0.5) is 4.79 Å². The minimum atomic E-state index is -0.875. The third-order valence-corrected chi connectivity index (χ3v) is 5.27. The van der Waals surface area contributed by atoms with Crippen molar-refractivity contribution in [3.05, 3.63) is 64.6 Å². The molecule has 1 aromatic heterocycles. The second-order valence-electron chi connectivity index (χ2n) is 5.56. The molecule has 138 valence electrons. The van der Waals surface area contributed by atoms with Crippen molar-refractivity contribution >= 4 is 39.6 Å². The average molecular weight is 446 g/mol. The molecule has 2 aromatic carbocycles. The number of aromatic nitrogens is 3. The van der Waals surface area contributed by atoms with Crippen molar-refractivity contribution in [1.82, 2.24) is 20.1 Å². The first-order chi connectivity index (χ1) is 13.0. The number of primary amides is 1. The monoisotopic (exact) mass is 445 g/mol. The molecule has 27 heavy (non-hydrogen) atoms. The minimum absolute atomic E-state index is 0.00578. The number of halogens is 1. The fraction of sp³-hybridized carbons (Fsp3) is 0.111. The summed E-state index contributed by atoms with van der Waals surface area (Å²) < 4.78 is 2.84. The number of amides is 3. The van der Waals surface area contributed by atoms with Gasteiger partial charge < -0.3 is 5.73 Å². The van der Waals surface area contributed by atoms with Gasteiger partial charge in [-0.3, -0.25) is 14.7 Å². The highest BCUT2D eigenvalue weighted by molar-refractivity contribution is 9.10. The van der Waals surface area contributed by atoms with E-state index in [1.807, 2.05) is 64.5 Å². The lowest BCUT2D eigenvalue weighted by atomic mass is 10.2. The van der Waals surface area contributed by atoms with E-state index in [-0.39, 0.29) is 5.75 Å². The Bertz CT molecular complexity index is 961. The van der Waals surface area contributed by atoms with Gasteiger partial charge in [-0.1, -0.05) is 76.2 Å². The predicted molar refractivity (Wildman–Crippen MR) is 107 cm³/mol. The number of thioether (sulfide) groups is 1. The van der Waals surface area contributed by atoms with E-state index in [1.165, 1.54) is 11.8 Å². The van der Waals surface area contributed by atoms with Crippen LogP contribution in [0.2, 0.25) is 0 Å². The van der Waals surface area contributed by atoms with Crippen LogP contribution in [0.3, 0.4) is 0 Å². The zero-order valence-electron chi connectivity index (χ0n) is 14.1. The number of carbonyl (C=O) groups excluding carboxylic acids is 2. The van der Waals surface area contributed by atoms with Gasteiger partial charge in [-0.15, -0.1) is 10.2 Å². The summed E-state index contributed by atoms with van der Waals surface area (Å²) in [5, 5.41) is 11.2. The van der Waals surface area contributed by atoms with E-state index in [4.69, 9.17) is 5.73 Å². The normalized spacial score (nSPS) is 10.6. The van der Waals surface area contributed by atoms with Gasteiger partial charge in [0.05, 0.1) is 12.3 Å². The number of nitrogens with two attached hydrogens (primary N) is 1. The summed E-state index contributed by atoms with van der Waals surface area (Å²) in [5.74, 6) is 0.208.